The molecule has 11 heteroatoms. The molecule has 4 aromatic rings. The second-order valence-corrected chi connectivity index (χ2v) is 6.66. The number of hydrogen-bond acceptors (Lipinski definition) is 8. The van der Waals surface area contributed by atoms with Crippen LogP contribution in [0.25, 0.3) is 22.4 Å². The van der Waals surface area contributed by atoms with Gasteiger partial charge in [-0.05, 0) is 18.2 Å². The summed E-state index contributed by atoms with van der Waals surface area (Å²) >= 11 is 0. The van der Waals surface area contributed by atoms with E-state index in [0.29, 0.717) is 16.8 Å². The van der Waals surface area contributed by atoms with Crippen LogP contribution in [0.1, 0.15) is 5.69 Å². The molecule has 0 atom stereocenters. The highest BCUT2D eigenvalue weighted by atomic mass is 19.1. The zero-order chi connectivity index (χ0) is 22.1. The van der Waals surface area contributed by atoms with Crippen molar-refractivity contribution in [1.82, 2.24) is 24.7 Å². The van der Waals surface area contributed by atoms with E-state index < -0.39 is 11.9 Å². The van der Waals surface area contributed by atoms with Gasteiger partial charge in [0.1, 0.15) is 22.7 Å². The molecule has 0 aliphatic carbocycles. The van der Waals surface area contributed by atoms with Crippen molar-refractivity contribution in [2.45, 2.75) is 6.54 Å². The van der Waals surface area contributed by atoms with Gasteiger partial charge in [0, 0.05) is 18.6 Å². The van der Waals surface area contributed by atoms with Crippen molar-refractivity contribution in [2.24, 2.45) is 0 Å². The lowest BCUT2D eigenvalue weighted by Gasteiger charge is -2.18. The fourth-order valence-corrected chi connectivity index (χ4v) is 3.29. The van der Waals surface area contributed by atoms with Gasteiger partial charge in [-0.1, -0.05) is 18.2 Å². The third-order valence-electron chi connectivity index (χ3n) is 4.69. The molecule has 10 nitrogen and oxygen atoms in total. The molecule has 31 heavy (non-hydrogen) atoms. The third kappa shape index (κ3) is 3.56. The number of nitrogens with zero attached hydrogens (tertiary/aromatic N) is 6. The molecule has 0 saturated heterocycles. The topological polar surface area (TPSA) is 138 Å². The molecule has 4 N–H and O–H groups in total. The number of amides is 1. The number of para-hydroxylation sites is 1. The van der Waals surface area contributed by atoms with E-state index in [-0.39, 0.29) is 35.2 Å². The number of rotatable bonds is 4. The van der Waals surface area contributed by atoms with Crippen molar-refractivity contribution in [3.8, 4) is 11.5 Å². The van der Waals surface area contributed by atoms with Crippen molar-refractivity contribution in [3.05, 3.63) is 54.1 Å². The Morgan fingerprint density at radius 1 is 1.16 bits per heavy atom. The molecule has 0 unspecified atom stereocenters. The van der Waals surface area contributed by atoms with Crippen LogP contribution in [0.3, 0.4) is 0 Å². The highest BCUT2D eigenvalue weighted by Gasteiger charge is 2.23. The van der Waals surface area contributed by atoms with E-state index in [2.05, 4.69) is 24.8 Å². The highest BCUT2D eigenvalue weighted by molar-refractivity contribution is 5.96. The van der Waals surface area contributed by atoms with Gasteiger partial charge in [-0.2, -0.15) is 5.10 Å². The second kappa shape index (κ2) is 7.86. The van der Waals surface area contributed by atoms with Crippen LogP contribution in [0.5, 0.6) is 0 Å². The minimum absolute atomic E-state index is 0.0424. The molecule has 0 spiro atoms. The van der Waals surface area contributed by atoms with E-state index in [4.69, 9.17) is 11.5 Å². The molecule has 0 fully saturated rings. The maximum atomic E-state index is 14.7. The summed E-state index contributed by atoms with van der Waals surface area (Å²) in [4.78, 5) is 25.7. The van der Waals surface area contributed by atoms with Gasteiger partial charge in [0.05, 0.1) is 19.3 Å². The number of aromatic nitrogens is 5. The Labute approximate surface area is 176 Å². The minimum atomic E-state index is -0.679. The lowest BCUT2D eigenvalue weighted by atomic mass is 10.2. The average Bonchev–Trinajstić information content (AvgIpc) is 3.13. The Morgan fingerprint density at radius 2 is 1.90 bits per heavy atom. The molecular formula is C20H19FN8O2. The van der Waals surface area contributed by atoms with Crippen molar-refractivity contribution < 1.29 is 13.9 Å². The first-order valence-corrected chi connectivity index (χ1v) is 9.20. The number of anilines is 3. The quantitative estimate of drug-likeness (QED) is 0.511. The van der Waals surface area contributed by atoms with E-state index in [1.807, 2.05) is 12.1 Å². The van der Waals surface area contributed by atoms with Gasteiger partial charge >= 0.3 is 6.09 Å². The van der Waals surface area contributed by atoms with Crippen LogP contribution in [-0.4, -0.2) is 45.0 Å². The number of fused-ring (bicyclic) bond motifs is 1. The Morgan fingerprint density at radius 3 is 2.55 bits per heavy atom. The molecule has 0 aliphatic heterocycles. The average molecular weight is 422 g/mol. The number of carbonyl (C=O) groups excluding carboxylic acids is 1. The van der Waals surface area contributed by atoms with E-state index in [1.165, 1.54) is 24.9 Å². The number of methoxy groups -OCH3 is 1. The summed E-state index contributed by atoms with van der Waals surface area (Å²) in [5, 5.41) is 5.01. The first-order valence-electron chi connectivity index (χ1n) is 9.20. The van der Waals surface area contributed by atoms with Crippen LogP contribution < -0.4 is 16.4 Å². The molecular weight excluding hydrogens is 403 g/mol. The van der Waals surface area contributed by atoms with Crippen LogP contribution >= 0.6 is 0 Å². The van der Waals surface area contributed by atoms with Gasteiger partial charge in [-0.25, -0.2) is 19.2 Å². The normalized spacial score (nSPS) is 10.9. The number of hydrogen-bond donors (Lipinski definition) is 2. The molecule has 1 aromatic carbocycles. The smallest absolute Gasteiger partial charge is 0.413 e. The van der Waals surface area contributed by atoms with Gasteiger partial charge < -0.3 is 16.2 Å². The number of carbonyl (C=O) groups is 1. The maximum Gasteiger partial charge on any atom is 0.413 e. The van der Waals surface area contributed by atoms with Crippen molar-refractivity contribution in [1.29, 1.82) is 0 Å². The Hall–Kier alpha value is -4.28. The maximum absolute atomic E-state index is 14.7. The van der Waals surface area contributed by atoms with Gasteiger partial charge in [0.15, 0.2) is 17.5 Å². The molecule has 0 aliphatic rings. The zero-order valence-corrected chi connectivity index (χ0v) is 16.8. The molecule has 0 bridgehead atoms. The minimum Gasteiger partial charge on any atom is -0.452 e. The van der Waals surface area contributed by atoms with E-state index in [1.54, 1.807) is 24.4 Å². The van der Waals surface area contributed by atoms with Crippen LogP contribution in [0, 0.1) is 5.82 Å². The first kappa shape index (κ1) is 20.0. The predicted molar refractivity (Wildman–Crippen MR) is 114 cm³/mol. The SMILES string of the molecule is COC(=O)N(C)c1c(N)nc(-c2nn(Cc3ccccn3)c3c(F)cccc23)nc1N. The molecule has 3 heterocycles. The van der Waals surface area contributed by atoms with Gasteiger partial charge in [0.2, 0.25) is 0 Å². The van der Waals surface area contributed by atoms with E-state index in [9.17, 15) is 9.18 Å². The molecule has 4 rings (SSSR count). The number of ether oxygens (including phenoxy) is 1. The van der Waals surface area contributed by atoms with Crippen LogP contribution in [-0.2, 0) is 11.3 Å². The predicted octanol–water partition coefficient (Wildman–Crippen LogP) is 2.44. The summed E-state index contributed by atoms with van der Waals surface area (Å²) < 4.78 is 20.9. The van der Waals surface area contributed by atoms with Crippen molar-refractivity contribution in [2.75, 3.05) is 30.5 Å². The molecule has 0 saturated carbocycles. The Kier molecular flexibility index (Phi) is 5.07. The monoisotopic (exact) mass is 422 g/mol. The lowest BCUT2D eigenvalue weighted by molar-refractivity contribution is 0.180. The standard InChI is InChI=1S/C20H19FN8O2/c1-28(20(30)31-2)16-17(22)25-19(26-18(16)23)14-12-7-5-8-13(21)15(12)29(27-14)10-11-6-3-4-9-24-11/h3-9H,10H2,1-2H3,(H4,22,23,25,26). The Balaban J connectivity index is 1.85. The summed E-state index contributed by atoms with van der Waals surface area (Å²) in [7, 11) is 2.67. The number of nitrogens with two attached hydrogens (primary N) is 2. The Bertz CT molecular complexity index is 1250. The highest BCUT2D eigenvalue weighted by Crippen LogP contribution is 2.33. The molecule has 1 amide bonds. The number of halogens is 1. The van der Waals surface area contributed by atoms with Gasteiger partial charge in [-0.3, -0.25) is 14.6 Å². The van der Waals surface area contributed by atoms with Crippen LogP contribution in [0.4, 0.5) is 26.5 Å². The van der Waals surface area contributed by atoms with Crippen molar-refractivity contribution >= 4 is 34.3 Å². The van der Waals surface area contributed by atoms with Gasteiger partial charge in [-0.15, -0.1) is 0 Å². The summed E-state index contributed by atoms with van der Waals surface area (Å²) in [6.07, 6.45) is 0.973. The van der Waals surface area contributed by atoms with E-state index in [0.717, 1.165) is 4.90 Å². The van der Waals surface area contributed by atoms with E-state index >= 15 is 0 Å². The molecule has 3 aromatic heterocycles. The van der Waals surface area contributed by atoms with Crippen molar-refractivity contribution in [3.63, 3.8) is 0 Å². The number of pyridine rings is 1. The molecule has 158 valence electrons. The first-order chi connectivity index (χ1) is 14.9. The summed E-state index contributed by atoms with van der Waals surface area (Å²) in [5.41, 5.74) is 13.5. The van der Waals surface area contributed by atoms with Crippen LogP contribution in [0.2, 0.25) is 0 Å². The third-order valence-corrected chi connectivity index (χ3v) is 4.69. The summed E-state index contributed by atoms with van der Waals surface area (Å²) in [6, 6.07) is 10.1. The number of benzene rings is 1. The number of nitrogen functional groups attached to an aromatic ring is 2. The second-order valence-electron chi connectivity index (χ2n) is 6.66. The largest absolute Gasteiger partial charge is 0.452 e. The lowest BCUT2D eigenvalue weighted by Crippen LogP contribution is -2.28. The summed E-state index contributed by atoms with van der Waals surface area (Å²) in [5.74, 6) is -0.430. The summed E-state index contributed by atoms with van der Waals surface area (Å²) in [6.45, 7) is 0.242. The fourth-order valence-electron chi connectivity index (χ4n) is 3.29. The van der Waals surface area contributed by atoms with Crippen LogP contribution in [0.15, 0.2) is 42.6 Å². The zero-order valence-electron chi connectivity index (χ0n) is 16.8. The van der Waals surface area contributed by atoms with Gasteiger partial charge in [0.25, 0.3) is 0 Å². The fraction of sp³-hybridized carbons (Fsp3) is 0.150. The molecule has 0 radical (unpaired) electrons.